The van der Waals surface area contributed by atoms with Gasteiger partial charge < -0.3 is 0 Å². The molecule has 0 unspecified atom stereocenters. The van der Waals surface area contributed by atoms with Gasteiger partial charge in [-0.2, -0.15) is 5.10 Å². The molecule has 2 rings (SSSR count). The van der Waals surface area contributed by atoms with E-state index >= 15 is 0 Å². The predicted molar refractivity (Wildman–Crippen MR) is 114 cm³/mol. The molecule has 1 amide bonds. The average Bonchev–Trinajstić information content (AvgIpc) is 2.65. The van der Waals surface area contributed by atoms with Crippen molar-refractivity contribution in [3.05, 3.63) is 65.2 Å². The molecule has 0 spiro atoms. The first-order chi connectivity index (χ1) is 13.2. The van der Waals surface area contributed by atoms with Crippen LogP contribution < -0.4 is 9.73 Å². The van der Waals surface area contributed by atoms with Crippen LogP contribution >= 0.6 is 0 Å². The van der Waals surface area contributed by atoms with Crippen LogP contribution in [0.25, 0.3) is 0 Å². The molecule has 0 aliphatic rings. The number of carbonyl (C=O) groups is 1. The summed E-state index contributed by atoms with van der Waals surface area (Å²) in [6, 6.07) is 15.5. The van der Waals surface area contributed by atoms with Gasteiger partial charge in [0, 0.05) is 5.71 Å². The number of hydrogen-bond donors (Lipinski definition) is 1. The summed E-state index contributed by atoms with van der Waals surface area (Å²) in [5.74, 6) is -0.481. The summed E-state index contributed by atoms with van der Waals surface area (Å²) in [7, 11) is -3.61. The average molecular weight is 402 g/mol. The van der Waals surface area contributed by atoms with Crippen LogP contribution in [0.1, 0.15) is 30.0 Å². The summed E-state index contributed by atoms with van der Waals surface area (Å²) in [6.07, 6.45) is 2.62. The summed E-state index contributed by atoms with van der Waals surface area (Å²) in [5.41, 5.74) is 6.64. The normalized spacial score (nSPS) is 11.9. The fourth-order valence-electron chi connectivity index (χ4n) is 2.72. The number of carbonyl (C=O) groups excluding carboxylic acids is 1. The highest BCUT2D eigenvalue weighted by Crippen LogP contribution is 2.23. The van der Waals surface area contributed by atoms with Gasteiger partial charge in [-0.05, 0) is 56.4 Å². The number of hydrogen-bond acceptors (Lipinski definition) is 4. The van der Waals surface area contributed by atoms with Gasteiger partial charge in [-0.15, -0.1) is 0 Å². The van der Waals surface area contributed by atoms with Gasteiger partial charge in [-0.25, -0.2) is 13.8 Å². The van der Waals surface area contributed by atoms with Crippen molar-refractivity contribution < 1.29 is 13.2 Å². The van der Waals surface area contributed by atoms with E-state index in [2.05, 4.69) is 10.5 Å². The number of sulfonamides is 1. The molecule has 0 saturated carbocycles. The van der Waals surface area contributed by atoms with Crippen LogP contribution in [0.15, 0.2) is 53.6 Å². The van der Waals surface area contributed by atoms with E-state index in [0.717, 1.165) is 33.8 Å². The second kappa shape index (κ2) is 9.50. The zero-order chi connectivity index (χ0) is 20.7. The highest BCUT2D eigenvalue weighted by molar-refractivity contribution is 7.92. The zero-order valence-electron chi connectivity index (χ0n) is 16.8. The van der Waals surface area contributed by atoms with Crippen molar-refractivity contribution in [2.24, 2.45) is 5.10 Å². The molecule has 2 aromatic carbocycles. The minimum atomic E-state index is -3.61. The van der Waals surface area contributed by atoms with E-state index in [1.807, 2.05) is 63.2 Å². The predicted octanol–water partition coefficient (Wildman–Crippen LogP) is 3.19. The highest BCUT2D eigenvalue weighted by atomic mass is 32.2. The van der Waals surface area contributed by atoms with Crippen molar-refractivity contribution >= 4 is 27.3 Å². The third kappa shape index (κ3) is 6.49. The fraction of sp³-hybridized carbons (Fsp3) is 0.333. The molecule has 7 heteroatoms. The van der Waals surface area contributed by atoms with Gasteiger partial charge >= 0.3 is 0 Å². The summed E-state index contributed by atoms with van der Waals surface area (Å²) in [4.78, 5) is 12.3. The first-order valence-electron chi connectivity index (χ1n) is 9.07. The summed E-state index contributed by atoms with van der Waals surface area (Å²) in [6.45, 7) is 5.21. The van der Waals surface area contributed by atoms with E-state index in [1.54, 1.807) is 6.07 Å². The molecular weight excluding hydrogens is 374 g/mol. The number of nitrogens with one attached hydrogen (secondary N) is 1. The lowest BCUT2D eigenvalue weighted by Crippen LogP contribution is -2.39. The quantitative estimate of drug-likeness (QED) is 0.545. The van der Waals surface area contributed by atoms with Crippen LogP contribution in [0.3, 0.4) is 0 Å². The van der Waals surface area contributed by atoms with Crippen molar-refractivity contribution in [3.63, 3.8) is 0 Å². The maximum atomic E-state index is 12.3. The van der Waals surface area contributed by atoms with E-state index in [9.17, 15) is 13.2 Å². The van der Waals surface area contributed by atoms with Gasteiger partial charge in [0.15, 0.2) is 0 Å². The smallest absolute Gasteiger partial charge is 0.260 e. The molecule has 0 aliphatic carbocycles. The Morgan fingerprint density at radius 3 is 2.43 bits per heavy atom. The van der Waals surface area contributed by atoms with Crippen molar-refractivity contribution in [1.82, 2.24) is 5.43 Å². The lowest BCUT2D eigenvalue weighted by molar-refractivity contribution is -0.119. The third-order valence-corrected chi connectivity index (χ3v) is 5.44. The monoisotopic (exact) mass is 401 g/mol. The molecule has 0 saturated heterocycles. The SMILES string of the molecule is C/C(CCc1ccccc1)=N/NC(=O)CN(c1cc(C)ccc1C)S(C)(=O)=O. The van der Waals surface area contributed by atoms with Gasteiger partial charge in [0.05, 0.1) is 11.9 Å². The molecule has 0 aromatic heterocycles. The molecule has 0 aliphatic heterocycles. The maximum absolute atomic E-state index is 12.3. The van der Waals surface area contributed by atoms with Gasteiger partial charge in [0.1, 0.15) is 6.54 Å². The van der Waals surface area contributed by atoms with Crippen LogP contribution in [0, 0.1) is 13.8 Å². The Kier molecular flexibility index (Phi) is 7.34. The van der Waals surface area contributed by atoms with Crippen LogP contribution in [0.5, 0.6) is 0 Å². The maximum Gasteiger partial charge on any atom is 0.260 e. The second-order valence-corrected chi connectivity index (χ2v) is 8.83. The third-order valence-electron chi connectivity index (χ3n) is 4.31. The highest BCUT2D eigenvalue weighted by Gasteiger charge is 2.22. The van der Waals surface area contributed by atoms with Crippen molar-refractivity contribution in [2.45, 2.75) is 33.6 Å². The molecule has 0 radical (unpaired) electrons. The number of hydrazone groups is 1. The van der Waals surface area contributed by atoms with Crippen molar-refractivity contribution in [3.8, 4) is 0 Å². The largest absolute Gasteiger partial charge is 0.271 e. The van der Waals surface area contributed by atoms with E-state index < -0.39 is 15.9 Å². The number of rotatable bonds is 8. The Hall–Kier alpha value is -2.67. The molecular formula is C21H27N3O3S. The standard InChI is InChI=1S/C21H27N3O3S/c1-16-10-11-17(2)20(14-16)24(28(4,26)27)15-21(25)23-22-18(3)12-13-19-8-6-5-7-9-19/h5-11,14H,12-13,15H2,1-4H3,(H,23,25)/b22-18-. The van der Waals surface area contributed by atoms with Gasteiger partial charge in [0.25, 0.3) is 5.91 Å². The number of anilines is 1. The summed E-state index contributed by atoms with van der Waals surface area (Å²) in [5, 5.41) is 4.10. The molecule has 0 bridgehead atoms. The molecule has 0 heterocycles. The minimum Gasteiger partial charge on any atom is -0.271 e. The summed E-state index contributed by atoms with van der Waals surface area (Å²) < 4.78 is 25.6. The van der Waals surface area contributed by atoms with Crippen LogP contribution in [0.4, 0.5) is 5.69 Å². The van der Waals surface area contributed by atoms with Gasteiger partial charge in [0.2, 0.25) is 10.0 Å². The van der Waals surface area contributed by atoms with Gasteiger partial charge in [-0.1, -0.05) is 42.5 Å². The van der Waals surface area contributed by atoms with E-state index in [-0.39, 0.29) is 6.54 Å². The van der Waals surface area contributed by atoms with Crippen LogP contribution in [-0.4, -0.2) is 32.8 Å². The second-order valence-electron chi connectivity index (χ2n) is 6.93. The molecule has 28 heavy (non-hydrogen) atoms. The fourth-order valence-corrected chi connectivity index (χ4v) is 3.62. The molecule has 1 N–H and O–H groups in total. The lowest BCUT2D eigenvalue weighted by Gasteiger charge is -2.23. The molecule has 2 aromatic rings. The Labute approximate surface area is 167 Å². The van der Waals surface area contributed by atoms with Crippen molar-refractivity contribution in [1.29, 1.82) is 0 Å². The number of aryl methyl sites for hydroxylation is 3. The van der Waals surface area contributed by atoms with Crippen molar-refractivity contribution in [2.75, 3.05) is 17.1 Å². The molecule has 0 atom stereocenters. The number of nitrogens with zero attached hydrogens (tertiary/aromatic N) is 2. The Morgan fingerprint density at radius 2 is 1.79 bits per heavy atom. The van der Waals surface area contributed by atoms with E-state index in [4.69, 9.17) is 0 Å². The van der Waals surface area contributed by atoms with Crippen LogP contribution in [-0.2, 0) is 21.2 Å². The number of benzene rings is 2. The van der Waals surface area contributed by atoms with Gasteiger partial charge in [-0.3, -0.25) is 9.10 Å². The molecule has 6 nitrogen and oxygen atoms in total. The Morgan fingerprint density at radius 1 is 1.11 bits per heavy atom. The van der Waals surface area contributed by atoms with E-state index in [1.165, 1.54) is 5.56 Å². The van der Waals surface area contributed by atoms with Crippen LogP contribution in [0.2, 0.25) is 0 Å². The Bertz CT molecular complexity index is 954. The Balaban J connectivity index is 2.03. The lowest BCUT2D eigenvalue weighted by atomic mass is 10.1. The topological polar surface area (TPSA) is 78.8 Å². The number of amides is 1. The first kappa shape index (κ1) is 21.6. The van der Waals surface area contributed by atoms with E-state index in [0.29, 0.717) is 12.1 Å². The minimum absolute atomic E-state index is 0.321. The summed E-state index contributed by atoms with van der Waals surface area (Å²) >= 11 is 0. The zero-order valence-corrected chi connectivity index (χ0v) is 17.6. The first-order valence-corrected chi connectivity index (χ1v) is 10.9. The molecule has 150 valence electrons. The molecule has 0 fully saturated rings.